The second-order valence-corrected chi connectivity index (χ2v) is 5.45. The summed E-state index contributed by atoms with van der Waals surface area (Å²) in [6.07, 6.45) is 0. The smallest absolute Gasteiger partial charge is 0.258 e. The third-order valence-electron chi connectivity index (χ3n) is 3.38. The van der Waals surface area contributed by atoms with Gasteiger partial charge in [0.15, 0.2) is 29.7 Å². The van der Waals surface area contributed by atoms with Crippen LogP contribution in [0.25, 0.3) is 0 Å². The normalized spacial score (nSPS) is 9.93. The molecule has 2 rings (SSSR count). The van der Waals surface area contributed by atoms with Gasteiger partial charge in [0, 0.05) is 17.8 Å². The Bertz CT molecular complexity index is 913. The van der Waals surface area contributed by atoms with E-state index < -0.39 is 23.4 Å². The summed E-state index contributed by atoms with van der Waals surface area (Å²) in [6.45, 7) is 1.35. The number of hydrogen-bond acceptors (Lipinski definition) is 5. The lowest BCUT2D eigenvalue weighted by Crippen LogP contribution is -2.35. The lowest BCUT2D eigenvalue weighted by atomic mass is 10.2. The molecule has 0 radical (unpaired) electrons. The number of carbonyl (C=O) groups is 2. The van der Waals surface area contributed by atoms with Gasteiger partial charge in [0.2, 0.25) is 5.91 Å². The van der Waals surface area contributed by atoms with Crippen molar-refractivity contribution in [3.05, 3.63) is 53.6 Å². The van der Waals surface area contributed by atoms with Crippen molar-refractivity contribution < 1.29 is 27.8 Å². The van der Waals surface area contributed by atoms with Crippen LogP contribution in [0.3, 0.4) is 0 Å². The third-order valence-corrected chi connectivity index (χ3v) is 3.38. The van der Waals surface area contributed by atoms with E-state index in [0.717, 1.165) is 12.1 Å². The van der Waals surface area contributed by atoms with E-state index in [9.17, 15) is 18.4 Å². The molecule has 0 fully saturated rings. The third kappa shape index (κ3) is 5.95. The summed E-state index contributed by atoms with van der Waals surface area (Å²) in [4.78, 5) is 23.6. The van der Waals surface area contributed by atoms with Crippen molar-refractivity contribution in [3.8, 4) is 17.6 Å². The molecule has 0 saturated carbocycles. The first-order valence-electron chi connectivity index (χ1n) is 8.24. The monoisotopic (exact) mass is 389 g/mol. The highest BCUT2D eigenvalue weighted by atomic mass is 19.2. The highest BCUT2D eigenvalue weighted by Crippen LogP contribution is 2.28. The van der Waals surface area contributed by atoms with Gasteiger partial charge in [0.05, 0.1) is 24.8 Å². The van der Waals surface area contributed by atoms with Gasteiger partial charge in [0.1, 0.15) is 0 Å². The highest BCUT2D eigenvalue weighted by molar-refractivity contribution is 5.94. The largest absolute Gasteiger partial charge is 0.490 e. The van der Waals surface area contributed by atoms with Crippen LogP contribution in [-0.4, -0.2) is 31.6 Å². The van der Waals surface area contributed by atoms with Crippen molar-refractivity contribution in [2.75, 3.05) is 25.1 Å². The van der Waals surface area contributed by atoms with E-state index >= 15 is 0 Å². The molecular formula is C19H17F2N3O4. The second-order valence-electron chi connectivity index (χ2n) is 5.45. The topological polar surface area (TPSA) is 100 Å². The van der Waals surface area contributed by atoms with Gasteiger partial charge in [-0.1, -0.05) is 0 Å². The van der Waals surface area contributed by atoms with Gasteiger partial charge in [0.25, 0.3) is 5.91 Å². The maximum absolute atomic E-state index is 13.1. The molecule has 0 atom stereocenters. The summed E-state index contributed by atoms with van der Waals surface area (Å²) in [5, 5.41) is 13.6. The number of amides is 2. The van der Waals surface area contributed by atoms with E-state index in [1.807, 2.05) is 6.07 Å². The molecule has 2 aromatic carbocycles. The minimum absolute atomic E-state index is 0.0633. The summed E-state index contributed by atoms with van der Waals surface area (Å²) in [5.74, 6) is -2.71. The lowest BCUT2D eigenvalue weighted by molar-refractivity contribution is -0.125. The summed E-state index contributed by atoms with van der Waals surface area (Å²) in [5.41, 5.74) is 0.447. The van der Waals surface area contributed by atoms with E-state index in [0.29, 0.717) is 17.9 Å². The minimum Gasteiger partial charge on any atom is -0.490 e. The highest BCUT2D eigenvalue weighted by Gasteiger charge is 2.11. The Balaban J connectivity index is 1.83. The number of nitriles is 1. The van der Waals surface area contributed by atoms with Crippen LogP contribution in [0.1, 0.15) is 12.5 Å². The fraction of sp³-hybridized carbons (Fsp3) is 0.211. The first kappa shape index (κ1) is 20.6. The zero-order chi connectivity index (χ0) is 20.5. The van der Waals surface area contributed by atoms with Gasteiger partial charge in [-0.15, -0.1) is 0 Å². The van der Waals surface area contributed by atoms with E-state index in [1.54, 1.807) is 6.92 Å². The molecule has 2 amide bonds. The number of nitrogens with zero attached hydrogens (tertiary/aromatic N) is 1. The minimum atomic E-state index is -1.09. The standard InChI is InChI=1S/C19H17F2N3O4/c1-2-27-17-7-12(9-22)3-6-16(17)28-11-19(26)23-10-18(25)24-13-4-5-14(20)15(21)8-13/h3-8H,2,10-11H2,1H3,(H,23,26)(H,24,25). The number of ether oxygens (including phenoxy) is 2. The number of rotatable bonds is 8. The first-order chi connectivity index (χ1) is 13.4. The molecule has 0 aromatic heterocycles. The van der Waals surface area contributed by atoms with Crippen molar-refractivity contribution in [1.29, 1.82) is 5.26 Å². The van der Waals surface area contributed by atoms with Crippen molar-refractivity contribution in [2.24, 2.45) is 0 Å². The molecule has 0 aliphatic rings. The Morgan fingerprint density at radius 3 is 2.50 bits per heavy atom. The number of hydrogen-bond donors (Lipinski definition) is 2. The molecule has 0 unspecified atom stereocenters. The number of benzene rings is 2. The number of nitrogens with one attached hydrogen (secondary N) is 2. The second kappa shape index (κ2) is 9.87. The summed E-state index contributed by atoms with van der Waals surface area (Å²) in [7, 11) is 0. The van der Waals surface area contributed by atoms with Crippen LogP contribution in [0.15, 0.2) is 36.4 Å². The Morgan fingerprint density at radius 1 is 1.04 bits per heavy atom. The van der Waals surface area contributed by atoms with Crippen LogP contribution in [-0.2, 0) is 9.59 Å². The van der Waals surface area contributed by atoms with Gasteiger partial charge in [-0.2, -0.15) is 5.26 Å². The fourth-order valence-electron chi connectivity index (χ4n) is 2.12. The maximum Gasteiger partial charge on any atom is 0.258 e. The predicted octanol–water partition coefficient (Wildman–Crippen LogP) is 2.37. The molecule has 146 valence electrons. The van der Waals surface area contributed by atoms with Crippen molar-refractivity contribution in [3.63, 3.8) is 0 Å². The average Bonchev–Trinajstić information content (AvgIpc) is 2.68. The predicted molar refractivity (Wildman–Crippen MR) is 95.8 cm³/mol. The van der Waals surface area contributed by atoms with E-state index in [1.165, 1.54) is 24.3 Å². The average molecular weight is 389 g/mol. The quantitative estimate of drug-likeness (QED) is 0.722. The Labute approximate surface area is 159 Å². The molecule has 0 bridgehead atoms. The summed E-state index contributed by atoms with van der Waals surface area (Å²) < 4.78 is 36.7. The van der Waals surface area contributed by atoms with Crippen LogP contribution in [0, 0.1) is 23.0 Å². The fourth-order valence-corrected chi connectivity index (χ4v) is 2.12. The Hall–Kier alpha value is -3.67. The molecule has 9 heteroatoms. The van der Waals surface area contributed by atoms with Gasteiger partial charge >= 0.3 is 0 Å². The van der Waals surface area contributed by atoms with Crippen LogP contribution >= 0.6 is 0 Å². The van der Waals surface area contributed by atoms with E-state index in [-0.39, 0.29) is 24.6 Å². The molecule has 7 nitrogen and oxygen atoms in total. The Morgan fingerprint density at radius 2 is 1.82 bits per heavy atom. The van der Waals surface area contributed by atoms with Gasteiger partial charge in [-0.25, -0.2) is 8.78 Å². The van der Waals surface area contributed by atoms with Crippen LogP contribution < -0.4 is 20.1 Å². The molecule has 0 spiro atoms. The van der Waals surface area contributed by atoms with Crippen molar-refractivity contribution in [1.82, 2.24) is 5.32 Å². The van der Waals surface area contributed by atoms with Crippen LogP contribution in [0.4, 0.5) is 14.5 Å². The lowest BCUT2D eigenvalue weighted by Gasteiger charge is -2.12. The molecule has 0 aliphatic heterocycles. The molecule has 2 aromatic rings. The number of carbonyl (C=O) groups excluding carboxylic acids is 2. The number of anilines is 1. The van der Waals surface area contributed by atoms with E-state index in [4.69, 9.17) is 14.7 Å². The molecule has 2 N–H and O–H groups in total. The summed E-state index contributed by atoms with van der Waals surface area (Å²) in [6, 6.07) is 9.40. The molecule has 0 aliphatic carbocycles. The first-order valence-corrected chi connectivity index (χ1v) is 8.24. The SMILES string of the molecule is CCOc1cc(C#N)ccc1OCC(=O)NCC(=O)Nc1ccc(F)c(F)c1. The van der Waals surface area contributed by atoms with Gasteiger partial charge < -0.3 is 20.1 Å². The van der Waals surface area contributed by atoms with Gasteiger partial charge in [-0.3, -0.25) is 9.59 Å². The van der Waals surface area contributed by atoms with Crippen LogP contribution in [0.5, 0.6) is 11.5 Å². The van der Waals surface area contributed by atoms with Gasteiger partial charge in [-0.05, 0) is 31.2 Å². The number of halogens is 2. The van der Waals surface area contributed by atoms with Crippen molar-refractivity contribution >= 4 is 17.5 Å². The molecule has 0 heterocycles. The molecule has 28 heavy (non-hydrogen) atoms. The zero-order valence-electron chi connectivity index (χ0n) is 14.9. The zero-order valence-corrected chi connectivity index (χ0v) is 14.9. The van der Waals surface area contributed by atoms with Crippen LogP contribution in [0.2, 0.25) is 0 Å². The maximum atomic E-state index is 13.1. The molecule has 0 saturated heterocycles. The van der Waals surface area contributed by atoms with Crippen molar-refractivity contribution in [2.45, 2.75) is 6.92 Å². The summed E-state index contributed by atoms with van der Waals surface area (Å²) >= 11 is 0. The molecular weight excluding hydrogens is 372 g/mol. The van der Waals surface area contributed by atoms with E-state index in [2.05, 4.69) is 10.6 Å². The Kier molecular flexibility index (Phi) is 7.28.